The fraction of sp³-hybridized carbons (Fsp3) is 0.265. The van der Waals surface area contributed by atoms with Crippen LogP contribution >= 0.6 is 0 Å². The summed E-state index contributed by atoms with van der Waals surface area (Å²) in [6.07, 6.45) is -0.282. The Labute approximate surface area is 250 Å². The molecule has 1 radical (unpaired) electrons. The van der Waals surface area contributed by atoms with Crippen LogP contribution in [0.1, 0.15) is 76.0 Å². The maximum absolute atomic E-state index is 12.7. The summed E-state index contributed by atoms with van der Waals surface area (Å²) in [4.78, 5) is 72.3. The van der Waals surface area contributed by atoms with Gasteiger partial charge < -0.3 is 28.6 Å². The summed E-state index contributed by atoms with van der Waals surface area (Å²) in [6.45, 7) is 4.16. The van der Waals surface area contributed by atoms with Crippen molar-refractivity contribution in [3.05, 3.63) is 95.4 Å². The molecule has 3 aromatic rings. The van der Waals surface area contributed by atoms with Crippen LogP contribution in [0.15, 0.2) is 72.8 Å². The number of ether oxygens (including phenoxy) is 3. The first-order chi connectivity index (χ1) is 20.5. The average Bonchev–Trinajstić information content (AvgIpc) is 2.96. The van der Waals surface area contributed by atoms with E-state index in [9.17, 15) is 28.8 Å². The van der Waals surface area contributed by atoms with Crippen molar-refractivity contribution in [2.45, 2.75) is 59.3 Å². The summed E-state index contributed by atoms with van der Waals surface area (Å²) in [5.74, 6) is -1.39. The molecule has 0 spiro atoms. The van der Waals surface area contributed by atoms with Gasteiger partial charge in [0.15, 0.2) is 0 Å². The number of carbonyl (C=O) groups is 6. The number of benzene rings is 3. The Bertz CT molecular complexity index is 1330. The Kier molecular flexibility index (Phi) is 12.1. The van der Waals surface area contributed by atoms with E-state index in [1.54, 1.807) is 72.8 Å². The minimum absolute atomic E-state index is 0.0235. The second-order valence-corrected chi connectivity index (χ2v) is 9.89. The molecule has 0 bridgehead atoms. The Morgan fingerprint density at radius 3 is 0.930 bits per heavy atom. The molecule has 0 heterocycles. The molecule has 0 N–H and O–H groups in total. The third kappa shape index (κ3) is 10.1. The topological polar surface area (TPSA) is 130 Å². The van der Waals surface area contributed by atoms with Crippen molar-refractivity contribution < 1.29 is 43.0 Å². The zero-order valence-electron chi connectivity index (χ0n) is 24.3. The number of Topliss-reactive ketones (excluding diaryl/α,β-unsaturated/α-hetero) is 3. The molecule has 0 fully saturated rings. The van der Waals surface area contributed by atoms with Crippen molar-refractivity contribution in [1.29, 1.82) is 0 Å². The maximum Gasteiger partial charge on any atom is 0.311 e. The molecule has 0 amide bonds. The fourth-order valence-corrected chi connectivity index (χ4v) is 4.08. The van der Waals surface area contributed by atoms with Gasteiger partial charge in [0.25, 0.3) is 0 Å². The lowest BCUT2D eigenvalue weighted by Gasteiger charge is -2.24. The summed E-state index contributed by atoms with van der Waals surface area (Å²) < 4.78 is 17.1. The van der Waals surface area contributed by atoms with Crippen LogP contribution in [0.5, 0.6) is 17.2 Å². The van der Waals surface area contributed by atoms with Gasteiger partial charge in [-0.2, -0.15) is 0 Å². The van der Waals surface area contributed by atoms with Crippen molar-refractivity contribution in [1.82, 2.24) is 0 Å². The van der Waals surface area contributed by atoms with Gasteiger partial charge >= 0.3 is 17.9 Å². The summed E-state index contributed by atoms with van der Waals surface area (Å²) in [7, 11) is 0. The minimum atomic E-state index is -0.616. The number of hydrogen-bond acceptors (Lipinski definition) is 9. The molecule has 0 aliphatic rings. The lowest BCUT2D eigenvalue weighted by atomic mass is 9.83. The van der Waals surface area contributed by atoms with Gasteiger partial charge in [0.1, 0.15) is 34.6 Å². The van der Waals surface area contributed by atoms with Gasteiger partial charge in [-0.1, -0.05) is 54.6 Å². The number of ketones is 3. The average molecular weight is 586 g/mol. The van der Waals surface area contributed by atoms with Gasteiger partial charge in [0.2, 0.25) is 0 Å². The van der Waals surface area contributed by atoms with E-state index in [0.29, 0.717) is 22.6 Å². The zero-order valence-corrected chi connectivity index (χ0v) is 24.3. The van der Waals surface area contributed by atoms with Crippen molar-refractivity contribution in [3.8, 4) is 17.2 Å². The zero-order chi connectivity index (χ0) is 31.4. The van der Waals surface area contributed by atoms with Gasteiger partial charge in [0, 0.05) is 36.0 Å². The molecule has 3 aromatic carbocycles. The number of carbonyl (C=O) groups excluding carboxylic acids is 6. The van der Waals surface area contributed by atoms with Crippen LogP contribution in [-0.2, 0) is 28.8 Å². The van der Waals surface area contributed by atoms with Crippen LogP contribution in [-0.4, -0.2) is 35.3 Å². The lowest BCUT2D eigenvalue weighted by molar-refractivity contribution is -0.136. The molecule has 9 nitrogen and oxygen atoms in total. The lowest BCUT2D eigenvalue weighted by Crippen LogP contribution is -2.17. The van der Waals surface area contributed by atoms with Crippen LogP contribution in [0.2, 0.25) is 0 Å². The molecule has 3 rings (SSSR count). The number of para-hydroxylation sites is 3. The molecule has 0 unspecified atom stereocenters. The van der Waals surface area contributed by atoms with Crippen LogP contribution < -0.4 is 14.2 Å². The molecule has 223 valence electrons. The Morgan fingerprint density at radius 1 is 0.419 bits per heavy atom. The predicted molar refractivity (Wildman–Crippen MR) is 157 cm³/mol. The molecule has 43 heavy (non-hydrogen) atoms. The van der Waals surface area contributed by atoms with Gasteiger partial charge in [-0.15, -0.1) is 0 Å². The quantitative estimate of drug-likeness (QED) is 0.128. The Hall–Kier alpha value is -4.92. The van der Waals surface area contributed by atoms with Crippen LogP contribution in [0, 0.1) is 5.92 Å². The SMILES string of the molecule is CC(=O)CCC(=O)Oc1ccccc1[C](c1ccccc1OC(=O)CCC(C)=O)c1ccccc1OC(=O)CCC(C)=O. The summed E-state index contributed by atoms with van der Waals surface area (Å²) >= 11 is 0. The second kappa shape index (κ2) is 15.9. The maximum atomic E-state index is 12.7. The highest BCUT2D eigenvalue weighted by Gasteiger charge is 2.29. The third-order valence-electron chi connectivity index (χ3n) is 6.18. The van der Waals surface area contributed by atoms with Crippen LogP contribution in [0.25, 0.3) is 0 Å². The van der Waals surface area contributed by atoms with Crippen molar-refractivity contribution in [2.24, 2.45) is 0 Å². The Balaban J connectivity index is 2.14. The van der Waals surface area contributed by atoms with Crippen molar-refractivity contribution >= 4 is 35.3 Å². The smallest absolute Gasteiger partial charge is 0.311 e. The minimum Gasteiger partial charge on any atom is -0.426 e. The van der Waals surface area contributed by atoms with Crippen LogP contribution in [0.4, 0.5) is 0 Å². The number of esters is 3. The van der Waals surface area contributed by atoms with E-state index in [1.807, 2.05) is 0 Å². The molecule has 0 aromatic heterocycles. The second-order valence-electron chi connectivity index (χ2n) is 9.89. The van der Waals surface area contributed by atoms with E-state index >= 15 is 0 Å². The molecule has 9 heteroatoms. The first kappa shape index (κ1) is 32.6. The normalized spacial score (nSPS) is 10.6. The highest BCUT2D eigenvalue weighted by molar-refractivity contribution is 5.84. The summed E-state index contributed by atoms with van der Waals surface area (Å²) in [6, 6.07) is 20.1. The van der Waals surface area contributed by atoms with E-state index in [4.69, 9.17) is 14.2 Å². The summed E-state index contributed by atoms with van der Waals surface area (Å²) in [5.41, 5.74) is 1.24. The van der Waals surface area contributed by atoms with Gasteiger partial charge in [0.05, 0.1) is 25.2 Å². The first-order valence-corrected chi connectivity index (χ1v) is 13.8. The molecular formula is C34H33O9. The standard InChI is InChI=1S/C34H33O9/c1-22(35)16-19-31(38)41-28-13-7-4-10-25(28)34(26-11-5-8-14-29(26)42-32(39)20-17-23(2)36)27-12-6-9-15-30(27)43-33(40)21-18-24(3)37/h4-15H,16-21H2,1-3H3. The van der Waals surface area contributed by atoms with E-state index in [-0.39, 0.29) is 73.1 Å². The third-order valence-corrected chi connectivity index (χ3v) is 6.18. The summed E-state index contributed by atoms with van der Waals surface area (Å²) in [5, 5.41) is 0. The monoisotopic (exact) mass is 585 g/mol. The molecular weight excluding hydrogens is 552 g/mol. The van der Waals surface area contributed by atoms with Gasteiger partial charge in [-0.3, -0.25) is 14.4 Å². The number of hydrogen-bond donors (Lipinski definition) is 0. The molecule has 0 saturated heterocycles. The van der Waals surface area contributed by atoms with Crippen molar-refractivity contribution in [2.75, 3.05) is 0 Å². The van der Waals surface area contributed by atoms with Gasteiger partial charge in [-0.25, -0.2) is 0 Å². The van der Waals surface area contributed by atoms with E-state index in [1.165, 1.54) is 20.8 Å². The van der Waals surface area contributed by atoms with E-state index in [0.717, 1.165) is 0 Å². The van der Waals surface area contributed by atoms with Crippen LogP contribution in [0.3, 0.4) is 0 Å². The molecule has 0 saturated carbocycles. The van der Waals surface area contributed by atoms with E-state index in [2.05, 4.69) is 0 Å². The Morgan fingerprint density at radius 2 is 0.674 bits per heavy atom. The largest absolute Gasteiger partial charge is 0.426 e. The van der Waals surface area contributed by atoms with Gasteiger partial charge in [-0.05, 0) is 39.0 Å². The number of rotatable bonds is 15. The predicted octanol–water partition coefficient (Wildman–Crippen LogP) is 5.53. The molecule has 0 atom stereocenters. The van der Waals surface area contributed by atoms with E-state index < -0.39 is 17.9 Å². The van der Waals surface area contributed by atoms with Crippen molar-refractivity contribution in [3.63, 3.8) is 0 Å². The highest BCUT2D eigenvalue weighted by atomic mass is 16.5. The molecule has 0 aliphatic heterocycles. The molecule has 0 aliphatic carbocycles. The first-order valence-electron chi connectivity index (χ1n) is 13.8. The highest BCUT2D eigenvalue weighted by Crippen LogP contribution is 2.43. The fourth-order valence-electron chi connectivity index (χ4n) is 4.08.